The summed E-state index contributed by atoms with van der Waals surface area (Å²) in [7, 11) is 0. The van der Waals surface area contributed by atoms with Crippen molar-refractivity contribution >= 4 is 16.6 Å². The second kappa shape index (κ2) is 8.78. The van der Waals surface area contributed by atoms with Crippen LogP contribution in [0, 0.1) is 0 Å². The average Bonchev–Trinajstić information content (AvgIpc) is 2.77. The molecule has 0 N–H and O–H groups in total. The van der Waals surface area contributed by atoms with Crippen molar-refractivity contribution in [2.45, 2.75) is 25.7 Å². The average molecular weight is 378 g/mol. The van der Waals surface area contributed by atoms with Crippen molar-refractivity contribution in [2.24, 2.45) is 0 Å². The zero-order chi connectivity index (χ0) is 19.3. The Morgan fingerprint density at radius 2 is 1.50 bits per heavy atom. The van der Waals surface area contributed by atoms with Crippen LogP contribution in [0.1, 0.15) is 36.0 Å². The van der Waals surface area contributed by atoms with E-state index in [1.54, 1.807) is 0 Å². The monoisotopic (exact) mass is 377 g/mol. The second-order valence-corrected chi connectivity index (χ2v) is 8.03. The minimum absolute atomic E-state index is 0.242. The largest absolute Gasteiger partial charge is 0.359 e. The fraction of sp³-hybridized carbons (Fsp3) is 0.458. The van der Waals surface area contributed by atoms with E-state index in [1.807, 2.05) is 30.3 Å². The number of rotatable bonds is 6. The van der Waals surface area contributed by atoms with Gasteiger partial charge >= 0.3 is 0 Å². The van der Waals surface area contributed by atoms with Crippen LogP contribution in [0.15, 0.2) is 54.9 Å². The Bertz CT molecular complexity index is 833. The minimum Gasteiger partial charge on any atom is -0.359 e. The summed E-state index contributed by atoms with van der Waals surface area (Å²) in [6.07, 6.45) is 4.51. The number of fused-ring (bicyclic) bond motifs is 1. The fourth-order valence-electron chi connectivity index (χ4n) is 4.35. The highest BCUT2D eigenvalue weighted by molar-refractivity contribution is 6.00. The van der Waals surface area contributed by atoms with Crippen LogP contribution in [0.2, 0.25) is 0 Å². The molecule has 0 unspecified atom stereocenters. The summed E-state index contributed by atoms with van der Waals surface area (Å²) < 4.78 is 0. The van der Waals surface area contributed by atoms with Crippen molar-refractivity contribution in [3.8, 4) is 0 Å². The Hall–Kier alpha value is -2.33. The first kappa shape index (κ1) is 19.0. The zero-order valence-electron chi connectivity index (χ0n) is 16.8. The molecule has 2 aromatic rings. The smallest absolute Gasteiger partial charge is 0.164 e. The Kier molecular flexibility index (Phi) is 5.96. The number of benzene rings is 2. The Balaban J connectivity index is 1.25. The van der Waals surface area contributed by atoms with Crippen LogP contribution in [0.25, 0.3) is 10.8 Å². The normalized spacial score (nSPS) is 18.4. The molecule has 2 aliphatic heterocycles. The number of carbonyl (C=O) groups is 1. The lowest BCUT2D eigenvalue weighted by atomic mass is 10.0. The third-order valence-electron chi connectivity index (χ3n) is 6.18. The van der Waals surface area contributed by atoms with E-state index in [0.29, 0.717) is 6.42 Å². The van der Waals surface area contributed by atoms with Gasteiger partial charge in [-0.25, -0.2) is 0 Å². The molecule has 2 heterocycles. The first-order chi connectivity index (χ1) is 13.7. The van der Waals surface area contributed by atoms with Gasteiger partial charge < -0.3 is 9.80 Å². The summed E-state index contributed by atoms with van der Waals surface area (Å²) in [5, 5.41) is 2.32. The Morgan fingerprint density at radius 1 is 0.821 bits per heavy atom. The number of hydrogen-bond acceptors (Lipinski definition) is 4. The van der Waals surface area contributed by atoms with Gasteiger partial charge in [0.15, 0.2) is 5.78 Å². The number of hydrogen-bond donors (Lipinski definition) is 0. The quantitative estimate of drug-likeness (QED) is 0.712. The molecule has 2 saturated heterocycles. The predicted octanol–water partition coefficient (Wildman–Crippen LogP) is 3.99. The van der Waals surface area contributed by atoms with Gasteiger partial charge in [0.2, 0.25) is 0 Å². The number of carbonyl (C=O) groups excluding carboxylic acids is 1. The molecule has 0 aromatic heterocycles. The molecule has 0 atom stereocenters. The number of ketones is 1. The third-order valence-corrected chi connectivity index (χ3v) is 6.18. The van der Waals surface area contributed by atoms with Gasteiger partial charge in [-0.1, -0.05) is 43.0 Å². The maximum Gasteiger partial charge on any atom is 0.164 e. The Morgan fingerprint density at radius 3 is 2.25 bits per heavy atom. The van der Waals surface area contributed by atoms with E-state index < -0.39 is 0 Å². The van der Waals surface area contributed by atoms with Gasteiger partial charge in [-0.05, 0) is 36.1 Å². The molecule has 0 bridgehead atoms. The van der Waals surface area contributed by atoms with E-state index in [9.17, 15) is 4.79 Å². The summed E-state index contributed by atoms with van der Waals surface area (Å²) >= 11 is 0. The van der Waals surface area contributed by atoms with Crippen LogP contribution in [-0.4, -0.2) is 66.3 Å². The van der Waals surface area contributed by atoms with Crippen molar-refractivity contribution in [1.29, 1.82) is 0 Å². The minimum atomic E-state index is 0.242. The number of nitrogens with zero attached hydrogens (tertiary/aromatic N) is 3. The van der Waals surface area contributed by atoms with Crippen LogP contribution >= 0.6 is 0 Å². The summed E-state index contributed by atoms with van der Waals surface area (Å²) in [4.78, 5) is 19.9. The van der Waals surface area contributed by atoms with Crippen LogP contribution in [-0.2, 0) is 0 Å². The lowest BCUT2D eigenvalue weighted by Crippen LogP contribution is -2.49. The topological polar surface area (TPSA) is 26.8 Å². The lowest BCUT2D eigenvalue weighted by Gasteiger charge is -2.42. The lowest BCUT2D eigenvalue weighted by molar-refractivity contribution is 0.0914. The predicted molar refractivity (Wildman–Crippen MR) is 115 cm³/mol. The standard InChI is InChI=1S/C24H31N3O/c1-20(26-12-5-2-6-13-26)27-17-15-25(16-18-27)14-11-24(28)23-10-9-21-7-3-4-8-22(21)19-23/h3-4,7-10,19H,1-2,5-6,11-18H2. The maximum atomic E-state index is 12.7. The molecule has 0 saturated carbocycles. The highest BCUT2D eigenvalue weighted by atomic mass is 16.1. The molecule has 0 aliphatic carbocycles. The van der Waals surface area contributed by atoms with Crippen molar-refractivity contribution < 1.29 is 4.79 Å². The summed E-state index contributed by atoms with van der Waals surface area (Å²) in [6.45, 7) is 11.5. The Labute approximate surface area is 168 Å². The van der Waals surface area contributed by atoms with E-state index in [4.69, 9.17) is 0 Å². The van der Waals surface area contributed by atoms with Crippen molar-refractivity contribution in [3.05, 3.63) is 60.4 Å². The van der Waals surface area contributed by atoms with E-state index >= 15 is 0 Å². The molecule has 0 amide bonds. The highest BCUT2D eigenvalue weighted by Gasteiger charge is 2.22. The molecule has 0 radical (unpaired) electrons. The third kappa shape index (κ3) is 4.39. The van der Waals surface area contributed by atoms with Gasteiger partial charge in [0.25, 0.3) is 0 Å². The maximum absolute atomic E-state index is 12.7. The number of Topliss-reactive ketones (excluding diaryl/α,β-unsaturated/α-hetero) is 1. The summed E-state index contributed by atoms with van der Waals surface area (Å²) in [6, 6.07) is 14.2. The second-order valence-electron chi connectivity index (χ2n) is 8.03. The van der Waals surface area contributed by atoms with Gasteiger partial charge in [0.1, 0.15) is 0 Å². The van der Waals surface area contributed by atoms with Gasteiger partial charge in [-0.3, -0.25) is 9.69 Å². The highest BCUT2D eigenvalue weighted by Crippen LogP contribution is 2.19. The molecule has 4 nitrogen and oxygen atoms in total. The molecule has 2 aliphatic rings. The SMILES string of the molecule is C=C(N1CCCCC1)N1CCN(CCC(=O)c2ccc3ccccc3c2)CC1. The zero-order valence-corrected chi connectivity index (χ0v) is 16.8. The van der Waals surface area contributed by atoms with Gasteiger partial charge in [-0.2, -0.15) is 0 Å². The summed E-state index contributed by atoms with van der Waals surface area (Å²) in [5.74, 6) is 1.44. The van der Waals surface area contributed by atoms with Crippen molar-refractivity contribution in [3.63, 3.8) is 0 Å². The van der Waals surface area contributed by atoms with E-state index in [0.717, 1.165) is 56.8 Å². The van der Waals surface area contributed by atoms with Crippen molar-refractivity contribution in [1.82, 2.24) is 14.7 Å². The molecule has 4 heteroatoms. The fourth-order valence-corrected chi connectivity index (χ4v) is 4.35. The summed E-state index contributed by atoms with van der Waals surface area (Å²) in [5.41, 5.74) is 0.829. The molecule has 2 fully saturated rings. The number of piperazine rings is 1. The van der Waals surface area contributed by atoms with E-state index in [1.165, 1.54) is 30.5 Å². The molecule has 28 heavy (non-hydrogen) atoms. The molecule has 0 spiro atoms. The van der Waals surface area contributed by atoms with Crippen LogP contribution < -0.4 is 0 Å². The van der Waals surface area contributed by atoms with Crippen molar-refractivity contribution in [2.75, 3.05) is 45.8 Å². The van der Waals surface area contributed by atoms with Crippen LogP contribution in [0.5, 0.6) is 0 Å². The van der Waals surface area contributed by atoms with Gasteiger partial charge in [0.05, 0.1) is 5.82 Å². The van der Waals surface area contributed by atoms with Crippen LogP contribution in [0.3, 0.4) is 0 Å². The number of piperidine rings is 1. The molecule has 2 aromatic carbocycles. The first-order valence-electron chi connectivity index (χ1n) is 10.6. The van der Waals surface area contributed by atoms with Gasteiger partial charge in [0, 0.05) is 57.8 Å². The first-order valence-corrected chi connectivity index (χ1v) is 10.6. The van der Waals surface area contributed by atoms with E-state index in [2.05, 4.69) is 33.4 Å². The molecular weight excluding hydrogens is 346 g/mol. The van der Waals surface area contributed by atoms with Crippen LogP contribution in [0.4, 0.5) is 0 Å². The molecule has 148 valence electrons. The number of likely N-dealkylation sites (tertiary alicyclic amines) is 1. The van der Waals surface area contributed by atoms with E-state index in [-0.39, 0.29) is 5.78 Å². The molecular formula is C24H31N3O. The molecule has 4 rings (SSSR count). The van der Waals surface area contributed by atoms with Gasteiger partial charge in [-0.15, -0.1) is 0 Å².